The summed E-state index contributed by atoms with van der Waals surface area (Å²) in [5.74, 6) is -0.231. The zero-order valence-electron chi connectivity index (χ0n) is 10.7. The molecule has 0 fully saturated rings. The maximum Gasteiger partial charge on any atom is 0.573 e. The Bertz CT molecular complexity index is 551. The summed E-state index contributed by atoms with van der Waals surface area (Å²) in [7, 11) is 0. The molecule has 1 heterocycles. The van der Waals surface area contributed by atoms with Crippen LogP contribution in [0.4, 0.5) is 13.2 Å². The molecule has 1 aromatic carbocycles. The molecular weight excluding hydrogens is 289 g/mol. The van der Waals surface area contributed by atoms with Crippen molar-refractivity contribution in [1.29, 1.82) is 0 Å². The first-order valence-corrected chi connectivity index (χ1v) is 6.87. The van der Waals surface area contributed by atoms with Gasteiger partial charge in [-0.1, -0.05) is 6.92 Å². The zero-order chi connectivity index (χ0) is 14.6. The summed E-state index contributed by atoms with van der Waals surface area (Å²) in [5, 5.41) is 5.87. The van der Waals surface area contributed by atoms with Crippen LogP contribution in [0, 0.1) is 0 Å². The molecule has 0 atom stereocenters. The number of halogens is 3. The normalized spacial score (nSPS) is 11.6. The average Bonchev–Trinajstić information content (AvgIpc) is 2.84. The zero-order valence-corrected chi connectivity index (χ0v) is 11.5. The van der Waals surface area contributed by atoms with E-state index in [1.165, 1.54) is 23.5 Å². The van der Waals surface area contributed by atoms with Crippen LogP contribution in [0.5, 0.6) is 5.75 Å². The lowest BCUT2D eigenvalue weighted by atomic mass is 10.2. The average molecular weight is 302 g/mol. The van der Waals surface area contributed by atoms with Gasteiger partial charge in [0.05, 0.1) is 5.69 Å². The molecule has 0 spiro atoms. The Hall–Kier alpha value is -1.60. The molecule has 0 saturated heterocycles. The standard InChI is InChI=1S/C13H13F3N2OS/c1-2-17-7-10-8-20-12(18-10)9-3-5-11(6-4-9)19-13(14,15)16/h3-6,8,17H,2,7H2,1H3. The van der Waals surface area contributed by atoms with Gasteiger partial charge >= 0.3 is 6.36 Å². The largest absolute Gasteiger partial charge is 0.573 e. The van der Waals surface area contributed by atoms with Gasteiger partial charge in [0.2, 0.25) is 0 Å². The fraction of sp³-hybridized carbons (Fsp3) is 0.308. The number of nitrogens with one attached hydrogen (secondary N) is 1. The second kappa shape index (κ2) is 6.23. The fourth-order valence-electron chi connectivity index (χ4n) is 1.57. The van der Waals surface area contributed by atoms with Crippen LogP contribution in [-0.2, 0) is 6.54 Å². The topological polar surface area (TPSA) is 34.1 Å². The van der Waals surface area contributed by atoms with Crippen molar-refractivity contribution in [2.75, 3.05) is 6.54 Å². The maximum absolute atomic E-state index is 12.0. The molecule has 0 unspecified atom stereocenters. The van der Waals surface area contributed by atoms with E-state index in [0.29, 0.717) is 6.54 Å². The quantitative estimate of drug-likeness (QED) is 0.911. The molecule has 7 heteroatoms. The molecule has 0 aliphatic rings. The summed E-state index contributed by atoms with van der Waals surface area (Å²) < 4.78 is 40.0. The van der Waals surface area contributed by atoms with Gasteiger partial charge in [-0.25, -0.2) is 4.98 Å². The predicted molar refractivity (Wildman–Crippen MR) is 71.6 cm³/mol. The van der Waals surface area contributed by atoms with Crippen molar-refractivity contribution in [3.8, 4) is 16.3 Å². The van der Waals surface area contributed by atoms with Crippen molar-refractivity contribution in [2.24, 2.45) is 0 Å². The number of aromatic nitrogens is 1. The number of hydrogen-bond donors (Lipinski definition) is 1. The highest BCUT2D eigenvalue weighted by Crippen LogP contribution is 2.28. The number of benzene rings is 1. The van der Waals surface area contributed by atoms with E-state index in [9.17, 15) is 13.2 Å². The minimum atomic E-state index is -4.66. The molecule has 1 N–H and O–H groups in total. The highest BCUT2D eigenvalue weighted by molar-refractivity contribution is 7.13. The minimum Gasteiger partial charge on any atom is -0.406 e. The third kappa shape index (κ3) is 4.21. The minimum absolute atomic E-state index is 0.231. The molecular formula is C13H13F3N2OS. The summed E-state index contributed by atoms with van der Waals surface area (Å²) in [6.45, 7) is 3.55. The molecule has 0 aliphatic heterocycles. The predicted octanol–water partition coefficient (Wildman–Crippen LogP) is 3.82. The van der Waals surface area contributed by atoms with Crippen molar-refractivity contribution in [3.05, 3.63) is 35.3 Å². The first-order chi connectivity index (χ1) is 9.48. The van der Waals surface area contributed by atoms with Crippen LogP contribution in [0.1, 0.15) is 12.6 Å². The Kier molecular flexibility index (Phi) is 4.61. The van der Waals surface area contributed by atoms with Crippen LogP contribution < -0.4 is 10.1 Å². The van der Waals surface area contributed by atoms with E-state index in [1.54, 1.807) is 12.1 Å². The van der Waals surface area contributed by atoms with Gasteiger partial charge in [-0.3, -0.25) is 0 Å². The van der Waals surface area contributed by atoms with Gasteiger partial charge in [-0.05, 0) is 30.8 Å². The molecule has 108 valence electrons. The van der Waals surface area contributed by atoms with E-state index >= 15 is 0 Å². The number of alkyl halides is 3. The summed E-state index contributed by atoms with van der Waals surface area (Å²) in [6, 6.07) is 5.70. The Morgan fingerprint density at radius 2 is 1.95 bits per heavy atom. The lowest BCUT2D eigenvalue weighted by Crippen LogP contribution is -2.16. The molecule has 0 saturated carbocycles. The Balaban J connectivity index is 2.07. The van der Waals surface area contributed by atoms with E-state index in [2.05, 4.69) is 15.0 Å². The molecule has 0 amide bonds. The van der Waals surface area contributed by atoms with Gasteiger partial charge in [0.1, 0.15) is 10.8 Å². The van der Waals surface area contributed by atoms with Gasteiger partial charge in [0.15, 0.2) is 0 Å². The third-order valence-electron chi connectivity index (χ3n) is 2.44. The van der Waals surface area contributed by atoms with Crippen molar-refractivity contribution >= 4 is 11.3 Å². The van der Waals surface area contributed by atoms with Crippen molar-refractivity contribution in [2.45, 2.75) is 19.8 Å². The molecule has 20 heavy (non-hydrogen) atoms. The third-order valence-corrected chi connectivity index (χ3v) is 3.38. The first kappa shape index (κ1) is 14.8. The molecule has 3 nitrogen and oxygen atoms in total. The number of thiazole rings is 1. The molecule has 2 rings (SSSR count). The van der Waals surface area contributed by atoms with Gasteiger partial charge in [-0.2, -0.15) is 0 Å². The summed E-state index contributed by atoms with van der Waals surface area (Å²) in [6.07, 6.45) is -4.66. The summed E-state index contributed by atoms with van der Waals surface area (Å²) in [5.41, 5.74) is 1.69. The first-order valence-electron chi connectivity index (χ1n) is 5.99. The number of hydrogen-bond acceptors (Lipinski definition) is 4. The molecule has 0 bridgehead atoms. The van der Waals surface area contributed by atoms with Crippen LogP contribution in [0.2, 0.25) is 0 Å². The van der Waals surface area contributed by atoms with E-state index < -0.39 is 6.36 Å². The van der Waals surface area contributed by atoms with Gasteiger partial charge in [-0.15, -0.1) is 24.5 Å². The van der Waals surface area contributed by atoms with Crippen LogP contribution >= 0.6 is 11.3 Å². The van der Waals surface area contributed by atoms with E-state index in [4.69, 9.17) is 0 Å². The van der Waals surface area contributed by atoms with Crippen LogP contribution in [0.15, 0.2) is 29.6 Å². The monoisotopic (exact) mass is 302 g/mol. The van der Waals surface area contributed by atoms with Crippen LogP contribution in [0.25, 0.3) is 10.6 Å². The second-order valence-electron chi connectivity index (χ2n) is 4.00. The maximum atomic E-state index is 12.0. The van der Waals surface area contributed by atoms with Crippen LogP contribution in [-0.4, -0.2) is 17.9 Å². The lowest BCUT2D eigenvalue weighted by molar-refractivity contribution is -0.274. The Morgan fingerprint density at radius 3 is 2.55 bits per heavy atom. The smallest absolute Gasteiger partial charge is 0.406 e. The van der Waals surface area contributed by atoms with Gasteiger partial charge < -0.3 is 10.1 Å². The summed E-state index contributed by atoms with van der Waals surface area (Å²) in [4.78, 5) is 4.42. The van der Waals surface area contributed by atoms with Crippen LogP contribution in [0.3, 0.4) is 0 Å². The number of nitrogens with zero attached hydrogens (tertiary/aromatic N) is 1. The SMILES string of the molecule is CCNCc1csc(-c2ccc(OC(F)(F)F)cc2)n1. The lowest BCUT2D eigenvalue weighted by Gasteiger charge is -2.08. The number of rotatable bonds is 5. The molecule has 0 aliphatic carbocycles. The number of ether oxygens (including phenoxy) is 1. The molecule has 2 aromatic rings. The molecule has 1 aromatic heterocycles. The highest BCUT2D eigenvalue weighted by Gasteiger charge is 2.30. The van der Waals surface area contributed by atoms with Gasteiger partial charge in [0, 0.05) is 17.5 Å². The van der Waals surface area contributed by atoms with Crippen molar-refractivity contribution < 1.29 is 17.9 Å². The fourth-order valence-corrected chi connectivity index (χ4v) is 2.40. The summed E-state index contributed by atoms with van der Waals surface area (Å²) >= 11 is 1.46. The van der Waals surface area contributed by atoms with Crippen molar-refractivity contribution in [3.63, 3.8) is 0 Å². The van der Waals surface area contributed by atoms with E-state index in [-0.39, 0.29) is 5.75 Å². The van der Waals surface area contributed by atoms with Crippen molar-refractivity contribution in [1.82, 2.24) is 10.3 Å². The van der Waals surface area contributed by atoms with E-state index in [0.717, 1.165) is 22.8 Å². The highest BCUT2D eigenvalue weighted by atomic mass is 32.1. The van der Waals surface area contributed by atoms with Gasteiger partial charge in [0.25, 0.3) is 0 Å². The Labute approximate surface area is 118 Å². The Morgan fingerprint density at radius 1 is 1.25 bits per heavy atom. The van der Waals surface area contributed by atoms with E-state index in [1.807, 2.05) is 12.3 Å². The molecule has 0 radical (unpaired) electrons. The second-order valence-corrected chi connectivity index (χ2v) is 4.85.